The lowest BCUT2D eigenvalue weighted by Crippen LogP contribution is -2.46. The van der Waals surface area contributed by atoms with Crippen molar-refractivity contribution in [1.82, 2.24) is 15.2 Å². The third kappa shape index (κ3) is 2.74. The van der Waals surface area contributed by atoms with Gasteiger partial charge in [0, 0.05) is 44.0 Å². The summed E-state index contributed by atoms with van der Waals surface area (Å²) < 4.78 is 0. The van der Waals surface area contributed by atoms with Gasteiger partial charge in [0.25, 0.3) is 0 Å². The van der Waals surface area contributed by atoms with Crippen LogP contribution in [0.2, 0.25) is 0 Å². The summed E-state index contributed by atoms with van der Waals surface area (Å²) in [5.74, 6) is 1.47. The summed E-state index contributed by atoms with van der Waals surface area (Å²) in [4.78, 5) is 6.91. The van der Waals surface area contributed by atoms with Crippen LogP contribution >= 0.6 is 0 Å². The van der Waals surface area contributed by atoms with Gasteiger partial charge in [-0.05, 0) is 24.8 Å². The summed E-state index contributed by atoms with van der Waals surface area (Å²) >= 11 is 0. The molecule has 1 aromatic heterocycles. The normalized spacial score (nSPS) is 23.6. The molecular formula is C15H24N4. The lowest BCUT2D eigenvalue weighted by Gasteiger charge is -2.38. The quantitative estimate of drug-likeness (QED) is 0.870. The minimum Gasteiger partial charge on any atom is -0.383 e. The Morgan fingerprint density at radius 2 is 2.00 bits per heavy atom. The van der Waals surface area contributed by atoms with Crippen LogP contribution in [0.3, 0.4) is 0 Å². The minimum absolute atomic E-state index is 0.471. The SMILES string of the molecule is Nc1ncccc1[C@H](C1CCCC1)N1CCNCC1. The van der Waals surface area contributed by atoms with E-state index in [9.17, 15) is 0 Å². The first-order chi connectivity index (χ1) is 9.36. The molecule has 19 heavy (non-hydrogen) atoms. The van der Waals surface area contributed by atoms with E-state index in [-0.39, 0.29) is 0 Å². The molecular weight excluding hydrogens is 236 g/mol. The number of rotatable bonds is 3. The summed E-state index contributed by atoms with van der Waals surface area (Å²) in [6.45, 7) is 4.41. The Hall–Kier alpha value is -1.13. The van der Waals surface area contributed by atoms with E-state index < -0.39 is 0 Å². The standard InChI is InChI=1S/C15H24N4/c16-15-13(6-3-7-18-15)14(12-4-1-2-5-12)19-10-8-17-9-11-19/h3,6-7,12,14,17H,1-2,4-5,8-11H2,(H2,16,18)/t14-/m0/s1. The molecule has 1 aliphatic heterocycles. The summed E-state index contributed by atoms with van der Waals surface area (Å²) in [6.07, 6.45) is 7.20. The van der Waals surface area contributed by atoms with Crippen molar-refractivity contribution in [2.24, 2.45) is 5.92 Å². The highest BCUT2D eigenvalue weighted by Gasteiger charge is 2.33. The molecule has 0 unspecified atom stereocenters. The van der Waals surface area contributed by atoms with E-state index >= 15 is 0 Å². The molecule has 0 radical (unpaired) electrons. The van der Waals surface area contributed by atoms with Gasteiger partial charge in [0.2, 0.25) is 0 Å². The molecule has 2 fully saturated rings. The molecule has 0 spiro atoms. The molecule has 3 rings (SSSR count). The Labute approximate surface area is 115 Å². The molecule has 2 aliphatic rings. The first-order valence-corrected chi connectivity index (χ1v) is 7.51. The molecule has 1 aromatic rings. The number of piperazine rings is 1. The predicted octanol–water partition coefficient (Wildman–Crippen LogP) is 1.80. The fraction of sp³-hybridized carbons (Fsp3) is 0.667. The van der Waals surface area contributed by atoms with Crippen molar-refractivity contribution in [2.45, 2.75) is 31.7 Å². The van der Waals surface area contributed by atoms with Gasteiger partial charge in [-0.15, -0.1) is 0 Å². The number of nitrogens with one attached hydrogen (secondary N) is 1. The lowest BCUT2D eigenvalue weighted by molar-refractivity contribution is 0.126. The van der Waals surface area contributed by atoms with E-state index in [1.807, 2.05) is 6.07 Å². The fourth-order valence-corrected chi connectivity index (χ4v) is 3.66. The van der Waals surface area contributed by atoms with E-state index in [1.165, 1.54) is 31.2 Å². The molecule has 104 valence electrons. The number of hydrogen-bond acceptors (Lipinski definition) is 4. The van der Waals surface area contributed by atoms with Gasteiger partial charge in [0.1, 0.15) is 5.82 Å². The van der Waals surface area contributed by atoms with Crippen LogP contribution in [0.5, 0.6) is 0 Å². The van der Waals surface area contributed by atoms with Crippen LogP contribution in [0.4, 0.5) is 5.82 Å². The Balaban J connectivity index is 1.88. The largest absolute Gasteiger partial charge is 0.383 e. The first kappa shape index (κ1) is 12.9. The third-order valence-corrected chi connectivity index (χ3v) is 4.58. The Kier molecular flexibility index (Phi) is 3.99. The second-order valence-corrected chi connectivity index (χ2v) is 5.75. The highest BCUT2D eigenvalue weighted by atomic mass is 15.2. The van der Waals surface area contributed by atoms with Crippen molar-refractivity contribution in [3.05, 3.63) is 23.9 Å². The summed E-state index contributed by atoms with van der Waals surface area (Å²) in [5.41, 5.74) is 7.39. The smallest absolute Gasteiger partial charge is 0.128 e. The second kappa shape index (κ2) is 5.88. The molecule has 0 bridgehead atoms. The summed E-state index contributed by atoms with van der Waals surface area (Å²) in [6, 6.07) is 4.67. The van der Waals surface area contributed by atoms with Gasteiger partial charge >= 0.3 is 0 Å². The third-order valence-electron chi connectivity index (χ3n) is 4.58. The molecule has 1 saturated heterocycles. The Morgan fingerprint density at radius 1 is 1.26 bits per heavy atom. The van der Waals surface area contributed by atoms with Gasteiger partial charge in [-0.1, -0.05) is 18.9 Å². The number of anilines is 1. The molecule has 4 heteroatoms. The van der Waals surface area contributed by atoms with Crippen molar-refractivity contribution in [2.75, 3.05) is 31.9 Å². The highest BCUT2D eigenvalue weighted by molar-refractivity contribution is 5.41. The Bertz CT molecular complexity index is 408. The van der Waals surface area contributed by atoms with Gasteiger partial charge in [-0.3, -0.25) is 4.90 Å². The maximum Gasteiger partial charge on any atom is 0.128 e. The molecule has 4 nitrogen and oxygen atoms in total. The molecule has 1 aliphatic carbocycles. The van der Waals surface area contributed by atoms with Crippen LogP contribution in [0.15, 0.2) is 18.3 Å². The zero-order chi connectivity index (χ0) is 13.1. The summed E-state index contributed by atoms with van der Waals surface area (Å²) in [5, 5.41) is 3.44. The number of hydrogen-bond donors (Lipinski definition) is 2. The highest BCUT2D eigenvalue weighted by Crippen LogP contribution is 2.40. The lowest BCUT2D eigenvalue weighted by atomic mass is 9.90. The molecule has 3 N–H and O–H groups in total. The van der Waals surface area contributed by atoms with Crippen molar-refractivity contribution in [1.29, 1.82) is 0 Å². The van der Waals surface area contributed by atoms with E-state index in [4.69, 9.17) is 5.73 Å². The number of nitrogens with two attached hydrogens (primary N) is 1. The second-order valence-electron chi connectivity index (χ2n) is 5.75. The topological polar surface area (TPSA) is 54.2 Å². The van der Waals surface area contributed by atoms with Gasteiger partial charge in [-0.25, -0.2) is 4.98 Å². The van der Waals surface area contributed by atoms with Crippen molar-refractivity contribution in [3.8, 4) is 0 Å². The average molecular weight is 260 g/mol. The van der Waals surface area contributed by atoms with Crippen molar-refractivity contribution < 1.29 is 0 Å². The monoisotopic (exact) mass is 260 g/mol. The maximum absolute atomic E-state index is 6.14. The van der Waals surface area contributed by atoms with E-state index in [0.717, 1.165) is 37.9 Å². The van der Waals surface area contributed by atoms with Crippen molar-refractivity contribution >= 4 is 5.82 Å². The minimum atomic E-state index is 0.471. The van der Waals surface area contributed by atoms with E-state index in [2.05, 4.69) is 21.3 Å². The van der Waals surface area contributed by atoms with Crippen molar-refractivity contribution in [3.63, 3.8) is 0 Å². The fourth-order valence-electron chi connectivity index (χ4n) is 3.66. The van der Waals surface area contributed by atoms with Gasteiger partial charge < -0.3 is 11.1 Å². The van der Waals surface area contributed by atoms with Gasteiger partial charge in [0.05, 0.1) is 0 Å². The molecule has 1 atom stereocenters. The van der Waals surface area contributed by atoms with Crippen LogP contribution in [0.25, 0.3) is 0 Å². The van der Waals surface area contributed by atoms with Crippen LogP contribution in [-0.4, -0.2) is 36.1 Å². The van der Waals surface area contributed by atoms with Gasteiger partial charge in [-0.2, -0.15) is 0 Å². The zero-order valence-corrected chi connectivity index (χ0v) is 11.5. The molecule has 1 saturated carbocycles. The number of nitrogens with zero attached hydrogens (tertiary/aromatic N) is 2. The van der Waals surface area contributed by atoms with Crippen LogP contribution in [-0.2, 0) is 0 Å². The molecule has 0 amide bonds. The Morgan fingerprint density at radius 3 is 2.68 bits per heavy atom. The van der Waals surface area contributed by atoms with Crippen LogP contribution in [0.1, 0.15) is 37.3 Å². The predicted molar refractivity (Wildman–Crippen MR) is 77.8 cm³/mol. The van der Waals surface area contributed by atoms with Crippen LogP contribution < -0.4 is 11.1 Å². The summed E-state index contributed by atoms with van der Waals surface area (Å²) in [7, 11) is 0. The van der Waals surface area contributed by atoms with E-state index in [1.54, 1.807) is 6.20 Å². The van der Waals surface area contributed by atoms with Gasteiger partial charge in [0.15, 0.2) is 0 Å². The maximum atomic E-state index is 6.14. The molecule has 0 aromatic carbocycles. The number of nitrogen functional groups attached to an aromatic ring is 1. The average Bonchev–Trinajstić information content (AvgIpc) is 2.96. The first-order valence-electron chi connectivity index (χ1n) is 7.51. The zero-order valence-electron chi connectivity index (χ0n) is 11.5. The number of aromatic nitrogens is 1. The number of pyridine rings is 1. The molecule has 2 heterocycles. The van der Waals surface area contributed by atoms with E-state index in [0.29, 0.717) is 6.04 Å². The van der Waals surface area contributed by atoms with Crippen LogP contribution in [0, 0.1) is 5.92 Å².